The summed E-state index contributed by atoms with van der Waals surface area (Å²) in [6, 6.07) is 10.3. The third kappa shape index (κ3) is 2.43. The Balaban J connectivity index is 1.93. The van der Waals surface area contributed by atoms with E-state index in [0.29, 0.717) is 0 Å². The molecule has 1 aliphatic heterocycles. The highest BCUT2D eigenvalue weighted by Crippen LogP contribution is 2.39. The van der Waals surface area contributed by atoms with Crippen LogP contribution in [0.3, 0.4) is 0 Å². The first-order chi connectivity index (χ1) is 12.7. The highest BCUT2D eigenvalue weighted by Gasteiger charge is 2.28. The normalized spacial score (nSPS) is 12.3. The molecule has 134 valence electrons. The minimum Gasteiger partial charge on any atom is -0.493 e. The zero-order chi connectivity index (χ0) is 18.3. The van der Waals surface area contributed by atoms with Crippen LogP contribution in [-0.4, -0.2) is 28.4 Å². The number of hydrogen-bond donors (Lipinski definition) is 0. The molecule has 26 heavy (non-hydrogen) atoms. The van der Waals surface area contributed by atoms with Crippen LogP contribution in [0.2, 0.25) is 0 Å². The lowest BCUT2D eigenvalue weighted by atomic mass is 9.94. The van der Waals surface area contributed by atoms with Crippen molar-refractivity contribution in [3.63, 3.8) is 0 Å². The fourth-order valence-corrected chi connectivity index (χ4v) is 3.76. The Morgan fingerprint density at radius 1 is 0.769 bits per heavy atom. The molecule has 0 radical (unpaired) electrons. The number of methoxy groups -OCH3 is 4. The molecule has 1 aliphatic rings. The summed E-state index contributed by atoms with van der Waals surface area (Å²) < 4.78 is 24.4. The molecule has 0 unspecified atom stereocenters. The Labute approximate surface area is 152 Å². The first-order valence-electron chi connectivity index (χ1n) is 8.50. The van der Waals surface area contributed by atoms with Crippen LogP contribution in [0.25, 0.3) is 10.8 Å². The van der Waals surface area contributed by atoms with Crippen molar-refractivity contribution in [2.75, 3.05) is 28.4 Å². The minimum atomic E-state index is 0.743. The Kier molecular flexibility index (Phi) is 4.07. The van der Waals surface area contributed by atoms with E-state index >= 15 is 0 Å². The van der Waals surface area contributed by atoms with Crippen LogP contribution >= 0.6 is 0 Å². The van der Waals surface area contributed by atoms with Gasteiger partial charge in [0.15, 0.2) is 41.4 Å². The molecule has 0 bridgehead atoms. The smallest absolute Gasteiger partial charge is 0.197 e. The summed E-state index contributed by atoms with van der Waals surface area (Å²) in [6.45, 7) is 0.779. The average molecular weight is 352 g/mol. The first-order valence-corrected chi connectivity index (χ1v) is 8.50. The fraction of sp³-hybridized carbons (Fsp3) is 0.286. The van der Waals surface area contributed by atoms with Crippen molar-refractivity contribution >= 4 is 10.8 Å². The Bertz CT molecular complexity index is 997. The molecule has 1 aromatic heterocycles. The molecule has 2 aromatic carbocycles. The summed E-state index contributed by atoms with van der Waals surface area (Å²) in [4.78, 5) is 0. The van der Waals surface area contributed by atoms with Crippen molar-refractivity contribution < 1.29 is 23.5 Å². The lowest BCUT2D eigenvalue weighted by Gasteiger charge is -2.20. The molecule has 0 fully saturated rings. The van der Waals surface area contributed by atoms with Gasteiger partial charge in [-0.15, -0.1) is 0 Å². The van der Waals surface area contributed by atoms with Crippen LogP contribution in [0.5, 0.6) is 23.0 Å². The van der Waals surface area contributed by atoms with Gasteiger partial charge in [0.25, 0.3) is 0 Å². The van der Waals surface area contributed by atoms with Gasteiger partial charge in [-0.05, 0) is 35.2 Å². The zero-order valence-corrected chi connectivity index (χ0v) is 15.5. The number of fused-ring (bicyclic) bond motifs is 4. The van der Waals surface area contributed by atoms with Crippen LogP contribution in [0.4, 0.5) is 0 Å². The van der Waals surface area contributed by atoms with Gasteiger partial charge in [0.2, 0.25) is 0 Å². The SMILES string of the molecule is COc1cc2c(cc1OC)C[n+]1ccc3ccc(OC)c(OC)c3c1C2. The second kappa shape index (κ2) is 6.41. The van der Waals surface area contributed by atoms with E-state index in [4.69, 9.17) is 18.9 Å². The number of rotatable bonds is 4. The highest BCUT2D eigenvalue weighted by molar-refractivity contribution is 5.92. The number of nitrogens with zero attached hydrogens (tertiary/aromatic N) is 1. The molecule has 0 amide bonds. The lowest BCUT2D eigenvalue weighted by molar-refractivity contribution is -0.696. The Hall–Kier alpha value is -2.95. The molecule has 0 saturated carbocycles. The van der Waals surface area contributed by atoms with E-state index in [2.05, 4.69) is 35.0 Å². The van der Waals surface area contributed by atoms with Gasteiger partial charge in [-0.3, -0.25) is 0 Å². The summed E-state index contributed by atoms with van der Waals surface area (Å²) >= 11 is 0. The van der Waals surface area contributed by atoms with Crippen molar-refractivity contribution in [1.82, 2.24) is 0 Å². The molecule has 0 spiro atoms. The second-order valence-electron chi connectivity index (χ2n) is 6.31. The fourth-order valence-electron chi connectivity index (χ4n) is 3.76. The second-order valence-corrected chi connectivity index (χ2v) is 6.31. The van der Waals surface area contributed by atoms with Crippen LogP contribution in [0.15, 0.2) is 36.5 Å². The predicted molar refractivity (Wildman–Crippen MR) is 98.7 cm³/mol. The van der Waals surface area contributed by atoms with Crippen LogP contribution in [0, 0.1) is 0 Å². The number of benzene rings is 2. The quantitative estimate of drug-likeness (QED) is 0.529. The molecule has 3 aromatic rings. The van der Waals surface area contributed by atoms with Crippen molar-refractivity contribution in [2.24, 2.45) is 0 Å². The highest BCUT2D eigenvalue weighted by atomic mass is 16.5. The van der Waals surface area contributed by atoms with Crippen LogP contribution in [0.1, 0.15) is 16.8 Å². The van der Waals surface area contributed by atoms with Gasteiger partial charge in [0.05, 0.1) is 40.2 Å². The third-order valence-corrected chi connectivity index (χ3v) is 5.05. The predicted octanol–water partition coefficient (Wildman–Crippen LogP) is 3.11. The van der Waals surface area contributed by atoms with E-state index in [1.165, 1.54) is 16.8 Å². The Morgan fingerprint density at radius 3 is 2.12 bits per heavy atom. The molecule has 0 atom stereocenters. The molecule has 4 rings (SSSR count). The maximum Gasteiger partial charge on any atom is 0.197 e. The summed E-state index contributed by atoms with van der Waals surface area (Å²) in [7, 11) is 6.68. The van der Waals surface area contributed by atoms with E-state index < -0.39 is 0 Å². The van der Waals surface area contributed by atoms with Crippen LogP contribution < -0.4 is 23.5 Å². The molecule has 2 heterocycles. The average Bonchev–Trinajstić information content (AvgIpc) is 2.69. The monoisotopic (exact) mass is 352 g/mol. The summed E-state index contributed by atoms with van der Waals surface area (Å²) in [5.74, 6) is 3.03. The molecular formula is C21H22NO4+. The third-order valence-electron chi connectivity index (χ3n) is 5.05. The number of ether oxygens (including phenoxy) is 4. The van der Waals surface area contributed by atoms with E-state index in [-0.39, 0.29) is 0 Å². The van der Waals surface area contributed by atoms with Gasteiger partial charge < -0.3 is 18.9 Å². The summed E-state index contributed by atoms with van der Waals surface area (Å²) in [5, 5.41) is 2.23. The van der Waals surface area contributed by atoms with E-state index in [1.807, 2.05) is 6.07 Å². The number of aromatic nitrogens is 1. The van der Waals surface area contributed by atoms with Gasteiger partial charge in [-0.1, -0.05) is 0 Å². The topological polar surface area (TPSA) is 40.8 Å². The van der Waals surface area contributed by atoms with Gasteiger partial charge in [-0.2, -0.15) is 4.57 Å². The van der Waals surface area contributed by atoms with E-state index in [0.717, 1.165) is 46.7 Å². The number of pyridine rings is 1. The molecule has 0 N–H and O–H groups in total. The molecule has 0 aliphatic carbocycles. The van der Waals surface area contributed by atoms with E-state index in [1.54, 1.807) is 28.4 Å². The largest absolute Gasteiger partial charge is 0.493 e. The molecular weight excluding hydrogens is 330 g/mol. The van der Waals surface area contributed by atoms with Gasteiger partial charge >= 0.3 is 0 Å². The summed E-state index contributed by atoms with van der Waals surface area (Å²) in [6.07, 6.45) is 2.92. The number of hydrogen-bond acceptors (Lipinski definition) is 4. The molecule has 5 heteroatoms. The van der Waals surface area contributed by atoms with Crippen molar-refractivity contribution in [2.45, 2.75) is 13.0 Å². The Morgan fingerprint density at radius 2 is 1.46 bits per heavy atom. The zero-order valence-electron chi connectivity index (χ0n) is 15.5. The lowest BCUT2D eigenvalue weighted by Crippen LogP contribution is -2.42. The van der Waals surface area contributed by atoms with Gasteiger partial charge in [0.1, 0.15) is 0 Å². The van der Waals surface area contributed by atoms with E-state index in [9.17, 15) is 0 Å². The van der Waals surface area contributed by atoms with Gasteiger partial charge in [-0.25, -0.2) is 0 Å². The standard InChI is InChI=1S/C21H22NO4/c1-23-17-6-5-13-7-8-22-12-15-11-19(25-3)18(24-2)10-14(15)9-16(22)20(13)21(17)26-4/h5-8,10-11H,9,12H2,1-4H3/q+1. The van der Waals surface area contributed by atoms with Gasteiger partial charge in [0, 0.05) is 11.6 Å². The minimum absolute atomic E-state index is 0.743. The maximum atomic E-state index is 5.70. The molecule has 0 saturated heterocycles. The maximum absolute atomic E-state index is 5.70. The van der Waals surface area contributed by atoms with Crippen molar-refractivity contribution in [3.8, 4) is 23.0 Å². The molecule has 5 nitrogen and oxygen atoms in total. The summed E-state index contributed by atoms with van der Waals surface area (Å²) in [5.41, 5.74) is 3.68. The van der Waals surface area contributed by atoms with Crippen molar-refractivity contribution in [3.05, 3.63) is 53.3 Å². The van der Waals surface area contributed by atoms with Crippen molar-refractivity contribution in [1.29, 1.82) is 0 Å². The first kappa shape index (κ1) is 16.5. The van der Waals surface area contributed by atoms with Crippen LogP contribution in [-0.2, 0) is 13.0 Å².